The van der Waals surface area contributed by atoms with Crippen molar-refractivity contribution in [1.29, 1.82) is 0 Å². The van der Waals surface area contributed by atoms with E-state index in [0.717, 1.165) is 11.4 Å². The summed E-state index contributed by atoms with van der Waals surface area (Å²) >= 11 is 0. The van der Waals surface area contributed by atoms with Gasteiger partial charge in [0, 0.05) is 18.5 Å². The molecule has 126 valence electrons. The van der Waals surface area contributed by atoms with Crippen LogP contribution in [0.3, 0.4) is 0 Å². The number of aromatic nitrogens is 1. The number of carbonyl (C=O) groups excluding carboxylic acids is 1. The van der Waals surface area contributed by atoms with Gasteiger partial charge in [0.1, 0.15) is 6.10 Å². The molecule has 1 saturated heterocycles. The molecule has 0 aromatic carbocycles. The molecule has 1 aliphatic heterocycles. The van der Waals surface area contributed by atoms with Crippen LogP contribution >= 0.6 is 0 Å². The molecule has 1 N–H and O–H groups in total. The minimum absolute atomic E-state index is 0.0750. The Morgan fingerprint density at radius 1 is 1.26 bits per heavy atom. The molecule has 1 aromatic rings. The molecular weight excluding hydrogens is 292 g/mol. The molecule has 0 radical (unpaired) electrons. The Kier molecular flexibility index (Phi) is 5.62. The van der Waals surface area contributed by atoms with E-state index in [1.807, 2.05) is 12.1 Å². The molecule has 2 heterocycles. The molecular formula is C18H26N2O3. The second-order valence-corrected chi connectivity index (χ2v) is 6.48. The molecule has 0 spiro atoms. The lowest BCUT2D eigenvalue weighted by Gasteiger charge is -2.31. The zero-order valence-corrected chi connectivity index (χ0v) is 13.8. The highest BCUT2D eigenvalue weighted by Crippen LogP contribution is 2.32. The van der Waals surface area contributed by atoms with Crippen LogP contribution in [-0.2, 0) is 14.3 Å². The van der Waals surface area contributed by atoms with Gasteiger partial charge in [-0.15, -0.1) is 0 Å². The minimum Gasteiger partial charge on any atom is -0.376 e. The van der Waals surface area contributed by atoms with E-state index in [1.54, 1.807) is 0 Å². The normalized spacial score (nSPS) is 24.1. The highest BCUT2D eigenvalue weighted by Gasteiger charge is 2.29. The smallest absolute Gasteiger partial charge is 0.217 e. The number of rotatable bonds is 4. The third kappa shape index (κ3) is 4.30. The van der Waals surface area contributed by atoms with Crippen LogP contribution in [0.2, 0.25) is 0 Å². The standard InChI is InChI=1S/C18H26N2O3/c1-13(21)19-18(17-12-22-10-11-23-17)16-9-5-8-15(20-16)14-6-3-2-4-7-14/h5,8-9,14,17-18H,2-4,6-7,10-12H2,1H3,(H,19,21). The molecule has 5 heteroatoms. The van der Waals surface area contributed by atoms with Crippen molar-refractivity contribution in [3.8, 4) is 0 Å². The van der Waals surface area contributed by atoms with Crippen LogP contribution in [-0.4, -0.2) is 36.8 Å². The van der Waals surface area contributed by atoms with Crippen LogP contribution in [0, 0.1) is 0 Å². The monoisotopic (exact) mass is 318 g/mol. The molecule has 1 amide bonds. The fraction of sp³-hybridized carbons (Fsp3) is 0.667. The van der Waals surface area contributed by atoms with Crippen molar-refractivity contribution in [1.82, 2.24) is 10.3 Å². The van der Waals surface area contributed by atoms with Gasteiger partial charge in [0.05, 0.1) is 31.6 Å². The highest BCUT2D eigenvalue weighted by atomic mass is 16.6. The van der Waals surface area contributed by atoms with Crippen molar-refractivity contribution >= 4 is 5.91 Å². The predicted molar refractivity (Wildman–Crippen MR) is 87.2 cm³/mol. The van der Waals surface area contributed by atoms with Crippen molar-refractivity contribution < 1.29 is 14.3 Å². The zero-order valence-electron chi connectivity index (χ0n) is 13.8. The van der Waals surface area contributed by atoms with Crippen LogP contribution < -0.4 is 5.32 Å². The molecule has 0 bridgehead atoms. The molecule has 1 aromatic heterocycles. The summed E-state index contributed by atoms with van der Waals surface area (Å²) in [4.78, 5) is 16.5. The number of amides is 1. The van der Waals surface area contributed by atoms with E-state index >= 15 is 0 Å². The van der Waals surface area contributed by atoms with Crippen molar-refractivity contribution in [3.63, 3.8) is 0 Å². The molecule has 1 saturated carbocycles. The number of hydrogen-bond acceptors (Lipinski definition) is 4. The van der Waals surface area contributed by atoms with Gasteiger partial charge in [0.15, 0.2) is 0 Å². The van der Waals surface area contributed by atoms with Gasteiger partial charge >= 0.3 is 0 Å². The molecule has 5 nitrogen and oxygen atoms in total. The van der Waals surface area contributed by atoms with Gasteiger partial charge in [-0.05, 0) is 25.0 Å². The lowest BCUT2D eigenvalue weighted by atomic mass is 9.86. The second kappa shape index (κ2) is 7.88. The third-order valence-electron chi connectivity index (χ3n) is 4.71. The summed E-state index contributed by atoms with van der Waals surface area (Å²) in [6.07, 6.45) is 6.14. The van der Waals surface area contributed by atoms with Crippen LogP contribution in [0.25, 0.3) is 0 Å². The summed E-state index contributed by atoms with van der Waals surface area (Å²) in [5, 5.41) is 2.99. The summed E-state index contributed by atoms with van der Waals surface area (Å²) in [6, 6.07) is 5.88. The first-order chi connectivity index (χ1) is 11.2. The number of ether oxygens (including phenoxy) is 2. The summed E-state index contributed by atoms with van der Waals surface area (Å²) in [6.45, 7) is 3.18. The maximum Gasteiger partial charge on any atom is 0.217 e. The molecule has 2 atom stereocenters. The third-order valence-corrected chi connectivity index (χ3v) is 4.71. The maximum absolute atomic E-state index is 11.6. The Morgan fingerprint density at radius 3 is 2.78 bits per heavy atom. The van der Waals surface area contributed by atoms with Gasteiger partial charge < -0.3 is 14.8 Å². The van der Waals surface area contributed by atoms with Gasteiger partial charge in [0.25, 0.3) is 0 Å². The minimum atomic E-state index is -0.253. The number of nitrogens with one attached hydrogen (secondary N) is 1. The Hall–Kier alpha value is -1.46. The molecule has 23 heavy (non-hydrogen) atoms. The van der Waals surface area contributed by atoms with Gasteiger partial charge in [-0.25, -0.2) is 0 Å². The average Bonchev–Trinajstić information content (AvgIpc) is 2.61. The van der Waals surface area contributed by atoms with Crippen LogP contribution in [0.15, 0.2) is 18.2 Å². The maximum atomic E-state index is 11.6. The number of nitrogens with zero attached hydrogens (tertiary/aromatic N) is 1. The first kappa shape index (κ1) is 16.4. The fourth-order valence-electron chi connectivity index (χ4n) is 3.54. The van der Waals surface area contributed by atoms with Crippen molar-refractivity contribution in [2.75, 3.05) is 19.8 Å². The summed E-state index contributed by atoms with van der Waals surface area (Å²) in [5.74, 6) is 0.472. The van der Waals surface area contributed by atoms with Gasteiger partial charge in [-0.2, -0.15) is 0 Å². The summed E-state index contributed by atoms with van der Waals surface area (Å²) in [5.41, 5.74) is 2.02. The van der Waals surface area contributed by atoms with Gasteiger partial charge in [0.2, 0.25) is 5.91 Å². The van der Waals surface area contributed by atoms with E-state index in [-0.39, 0.29) is 18.1 Å². The van der Waals surface area contributed by atoms with Crippen LogP contribution in [0.5, 0.6) is 0 Å². The zero-order chi connectivity index (χ0) is 16.1. The highest BCUT2D eigenvalue weighted by molar-refractivity contribution is 5.73. The van der Waals surface area contributed by atoms with E-state index in [4.69, 9.17) is 14.5 Å². The second-order valence-electron chi connectivity index (χ2n) is 6.48. The summed E-state index contributed by atoms with van der Waals surface area (Å²) < 4.78 is 11.3. The Labute approximate surface area is 137 Å². The van der Waals surface area contributed by atoms with E-state index in [0.29, 0.717) is 25.7 Å². The number of pyridine rings is 1. The average molecular weight is 318 g/mol. The van der Waals surface area contributed by atoms with Gasteiger partial charge in [-0.3, -0.25) is 9.78 Å². The Morgan fingerprint density at radius 2 is 2.09 bits per heavy atom. The molecule has 2 unspecified atom stereocenters. The predicted octanol–water partition coefficient (Wildman–Crippen LogP) is 2.72. The Bertz CT molecular complexity index is 523. The topological polar surface area (TPSA) is 60.5 Å². The van der Waals surface area contributed by atoms with Crippen LogP contribution in [0.1, 0.15) is 62.4 Å². The van der Waals surface area contributed by atoms with E-state index < -0.39 is 0 Å². The fourth-order valence-corrected chi connectivity index (χ4v) is 3.54. The molecule has 2 fully saturated rings. The first-order valence-electron chi connectivity index (χ1n) is 8.67. The molecule has 1 aliphatic carbocycles. The number of carbonyl (C=O) groups is 1. The first-order valence-corrected chi connectivity index (χ1v) is 8.67. The van der Waals surface area contributed by atoms with E-state index in [1.165, 1.54) is 39.0 Å². The van der Waals surface area contributed by atoms with E-state index in [2.05, 4.69) is 11.4 Å². The lowest BCUT2D eigenvalue weighted by molar-refractivity contribution is -0.126. The Balaban J connectivity index is 1.81. The quantitative estimate of drug-likeness (QED) is 0.927. The summed E-state index contributed by atoms with van der Waals surface area (Å²) in [7, 11) is 0. The van der Waals surface area contributed by atoms with Crippen molar-refractivity contribution in [3.05, 3.63) is 29.6 Å². The van der Waals surface area contributed by atoms with Crippen molar-refractivity contribution in [2.24, 2.45) is 0 Å². The van der Waals surface area contributed by atoms with Crippen molar-refractivity contribution in [2.45, 2.75) is 57.1 Å². The molecule has 2 aliphatic rings. The largest absolute Gasteiger partial charge is 0.376 e. The SMILES string of the molecule is CC(=O)NC(c1cccc(C2CCCCC2)n1)C1COCCO1. The van der Waals surface area contributed by atoms with E-state index in [9.17, 15) is 4.79 Å². The number of hydrogen-bond donors (Lipinski definition) is 1. The molecule has 3 rings (SSSR count). The lowest BCUT2D eigenvalue weighted by Crippen LogP contribution is -2.42. The van der Waals surface area contributed by atoms with Gasteiger partial charge in [-0.1, -0.05) is 25.3 Å². The van der Waals surface area contributed by atoms with Crippen LogP contribution in [0.4, 0.5) is 0 Å².